The highest BCUT2D eigenvalue weighted by molar-refractivity contribution is 14.1. The summed E-state index contributed by atoms with van der Waals surface area (Å²) >= 11 is 2.30. The van der Waals surface area contributed by atoms with Crippen molar-refractivity contribution in [3.8, 4) is 11.4 Å². The van der Waals surface area contributed by atoms with Gasteiger partial charge in [-0.3, -0.25) is 10.1 Å². The van der Waals surface area contributed by atoms with Gasteiger partial charge in [-0.2, -0.15) is 0 Å². The number of aromatic amines is 1. The minimum Gasteiger partial charge on any atom is -0.337 e. The van der Waals surface area contributed by atoms with Crippen LogP contribution in [0.5, 0.6) is 0 Å². The molecule has 0 spiro atoms. The van der Waals surface area contributed by atoms with Crippen molar-refractivity contribution >= 4 is 60.9 Å². The normalized spacial score (nSPS) is 11.4. The van der Waals surface area contributed by atoms with Crippen molar-refractivity contribution in [2.24, 2.45) is 0 Å². The first-order valence-electron chi connectivity index (χ1n) is 8.36. The molecule has 0 aliphatic rings. The monoisotopic (exact) mass is 465 g/mol. The first-order valence-corrected chi connectivity index (χ1v) is 9.44. The van der Waals surface area contributed by atoms with Crippen LogP contribution in [0.1, 0.15) is 0 Å². The molecule has 6 heteroatoms. The largest absolute Gasteiger partial charge is 0.337 e. The summed E-state index contributed by atoms with van der Waals surface area (Å²) in [4.78, 5) is 18.9. The second-order valence-electron chi connectivity index (χ2n) is 6.35. The molecule has 27 heavy (non-hydrogen) atoms. The van der Waals surface area contributed by atoms with Crippen molar-refractivity contribution in [2.75, 3.05) is 0 Å². The van der Waals surface area contributed by atoms with Gasteiger partial charge in [-0.15, -0.1) is 0 Å². The second-order valence-corrected chi connectivity index (χ2v) is 7.60. The van der Waals surface area contributed by atoms with E-state index in [0.29, 0.717) is 11.4 Å². The lowest BCUT2D eigenvalue weighted by molar-refractivity contribution is -0.384. The number of halogens is 1. The van der Waals surface area contributed by atoms with Crippen LogP contribution in [0.2, 0.25) is 0 Å². The lowest BCUT2D eigenvalue weighted by atomic mass is 10.0. The molecule has 0 bridgehead atoms. The molecule has 4 aromatic carbocycles. The number of H-pyrrole nitrogens is 1. The standard InChI is InChI=1S/C21H12IN3O2/c22-13-8-9-16-15-6-1-2-7-17(15)19-20(18(16)11-13)24-21(23-19)12-4-3-5-14(10-12)25(26)27/h1-11H,(H,23,24). The Kier molecular flexibility index (Phi) is 3.61. The van der Waals surface area contributed by atoms with Crippen LogP contribution in [0.4, 0.5) is 5.69 Å². The summed E-state index contributed by atoms with van der Waals surface area (Å²) in [5, 5.41) is 15.6. The molecule has 0 aliphatic heterocycles. The smallest absolute Gasteiger partial charge is 0.270 e. The van der Waals surface area contributed by atoms with Crippen molar-refractivity contribution in [1.29, 1.82) is 0 Å². The second kappa shape index (κ2) is 6.02. The summed E-state index contributed by atoms with van der Waals surface area (Å²) in [5.74, 6) is 0.630. The van der Waals surface area contributed by atoms with Crippen molar-refractivity contribution in [1.82, 2.24) is 9.97 Å². The number of nitrogens with one attached hydrogen (secondary N) is 1. The fourth-order valence-electron chi connectivity index (χ4n) is 3.55. The van der Waals surface area contributed by atoms with Gasteiger partial charge >= 0.3 is 0 Å². The van der Waals surface area contributed by atoms with Gasteiger partial charge in [-0.1, -0.05) is 42.5 Å². The topological polar surface area (TPSA) is 71.8 Å². The van der Waals surface area contributed by atoms with Gasteiger partial charge in [-0.25, -0.2) is 4.98 Å². The molecule has 0 aliphatic carbocycles. The number of nitro groups is 1. The highest BCUT2D eigenvalue weighted by Crippen LogP contribution is 2.36. The molecule has 0 unspecified atom stereocenters. The van der Waals surface area contributed by atoms with Crippen LogP contribution < -0.4 is 0 Å². The molecule has 5 rings (SSSR count). The molecule has 1 N–H and O–H groups in total. The molecule has 0 atom stereocenters. The zero-order valence-corrected chi connectivity index (χ0v) is 16.1. The lowest BCUT2D eigenvalue weighted by Gasteiger charge is -2.06. The van der Waals surface area contributed by atoms with E-state index < -0.39 is 0 Å². The zero-order chi connectivity index (χ0) is 18.5. The minimum absolute atomic E-state index is 0.0530. The van der Waals surface area contributed by atoms with E-state index in [0.717, 1.165) is 36.1 Å². The highest BCUT2D eigenvalue weighted by atomic mass is 127. The van der Waals surface area contributed by atoms with Crippen LogP contribution in [0.15, 0.2) is 66.7 Å². The Morgan fingerprint density at radius 2 is 1.67 bits per heavy atom. The van der Waals surface area contributed by atoms with Gasteiger partial charge in [0.2, 0.25) is 0 Å². The molecule has 0 saturated heterocycles. The molecule has 1 heterocycles. The molecule has 5 nitrogen and oxygen atoms in total. The minimum atomic E-state index is -0.390. The number of nitro benzene ring substituents is 1. The van der Waals surface area contributed by atoms with Gasteiger partial charge in [0, 0.05) is 32.0 Å². The Balaban J connectivity index is 1.89. The van der Waals surface area contributed by atoms with Crippen molar-refractivity contribution in [2.45, 2.75) is 0 Å². The third-order valence-corrected chi connectivity index (χ3v) is 5.43. The van der Waals surface area contributed by atoms with Gasteiger partial charge in [0.1, 0.15) is 5.82 Å². The summed E-state index contributed by atoms with van der Waals surface area (Å²) < 4.78 is 1.14. The molecule has 0 fully saturated rings. The maximum atomic E-state index is 11.1. The van der Waals surface area contributed by atoms with E-state index in [9.17, 15) is 10.1 Å². The van der Waals surface area contributed by atoms with E-state index in [1.165, 1.54) is 6.07 Å². The number of fused-ring (bicyclic) bond motifs is 6. The lowest BCUT2D eigenvalue weighted by Crippen LogP contribution is -1.88. The van der Waals surface area contributed by atoms with Gasteiger partial charge in [-0.05, 0) is 45.5 Å². The summed E-state index contributed by atoms with van der Waals surface area (Å²) in [5.41, 5.74) is 2.57. The van der Waals surface area contributed by atoms with E-state index >= 15 is 0 Å². The third-order valence-electron chi connectivity index (χ3n) is 4.76. The van der Waals surface area contributed by atoms with Gasteiger partial charge in [0.15, 0.2) is 0 Å². The van der Waals surface area contributed by atoms with Crippen LogP contribution in [0.3, 0.4) is 0 Å². The van der Waals surface area contributed by atoms with Crippen molar-refractivity contribution < 1.29 is 4.92 Å². The van der Waals surface area contributed by atoms with Crippen LogP contribution in [-0.2, 0) is 0 Å². The maximum absolute atomic E-state index is 11.1. The Hall–Kier alpha value is -3.00. The highest BCUT2D eigenvalue weighted by Gasteiger charge is 2.15. The maximum Gasteiger partial charge on any atom is 0.270 e. The molecule has 0 saturated carbocycles. The number of hydrogen-bond donors (Lipinski definition) is 1. The molecular formula is C21H12IN3O2. The Labute approximate surface area is 167 Å². The fourth-order valence-corrected chi connectivity index (χ4v) is 4.04. The van der Waals surface area contributed by atoms with Crippen molar-refractivity contribution in [3.63, 3.8) is 0 Å². The average Bonchev–Trinajstić information content (AvgIpc) is 3.14. The SMILES string of the molecule is O=[N+]([O-])c1cccc(-c2nc3c4cc(I)ccc4c4ccccc4c3[nH]2)c1. The number of aromatic nitrogens is 2. The first kappa shape index (κ1) is 16.2. The molecule has 1 aromatic heterocycles. The van der Waals surface area contributed by atoms with E-state index in [4.69, 9.17) is 4.98 Å². The van der Waals surface area contributed by atoms with E-state index in [-0.39, 0.29) is 10.6 Å². The van der Waals surface area contributed by atoms with Crippen LogP contribution >= 0.6 is 22.6 Å². The summed E-state index contributed by atoms with van der Waals surface area (Å²) in [6.45, 7) is 0. The molecule has 5 aromatic rings. The van der Waals surface area contributed by atoms with Crippen LogP contribution in [-0.4, -0.2) is 14.9 Å². The number of rotatable bonds is 2. The molecule has 130 valence electrons. The Morgan fingerprint density at radius 1 is 0.889 bits per heavy atom. The predicted octanol–water partition coefficient (Wildman–Crippen LogP) is 6.05. The van der Waals surface area contributed by atoms with E-state index in [2.05, 4.69) is 57.9 Å². The quantitative estimate of drug-likeness (QED) is 0.149. The number of imidazole rings is 1. The number of non-ortho nitro benzene ring substituents is 1. The number of hydrogen-bond acceptors (Lipinski definition) is 3. The summed E-state index contributed by atoms with van der Waals surface area (Å²) in [7, 11) is 0. The van der Waals surface area contributed by atoms with E-state index in [1.807, 2.05) is 18.2 Å². The third kappa shape index (κ3) is 2.56. The summed E-state index contributed by atoms with van der Waals surface area (Å²) in [6, 6.07) is 21.1. The fraction of sp³-hybridized carbons (Fsp3) is 0. The number of benzene rings is 4. The number of nitrogens with zero attached hydrogens (tertiary/aromatic N) is 2. The van der Waals surface area contributed by atoms with Crippen LogP contribution in [0, 0.1) is 13.7 Å². The van der Waals surface area contributed by atoms with Crippen molar-refractivity contribution in [3.05, 3.63) is 80.4 Å². The van der Waals surface area contributed by atoms with Gasteiger partial charge < -0.3 is 4.98 Å². The van der Waals surface area contributed by atoms with E-state index in [1.54, 1.807) is 12.1 Å². The Bertz CT molecular complexity index is 1370. The molecule has 0 amide bonds. The molecule has 0 radical (unpaired) electrons. The molecular weight excluding hydrogens is 453 g/mol. The zero-order valence-electron chi connectivity index (χ0n) is 13.9. The Morgan fingerprint density at radius 3 is 2.48 bits per heavy atom. The predicted molar refractivity (Wildman–Crippen MR) is 116 cm³/mol. The van der Waals surface area contributed by atoms with Gasteiger partial charge in [0.25, 0.3) is 5.69 Å². The van der Waals surface area contributed by atoms with Crippen LogP contribution in [0.25, 0.3) is 44.0 Å². The average molecular weight is 465 g/mol. The van der Waals surface area contributed by atoms with Gasteiger partial charge in [0.05, 0.1) is 16.0 Å². The first-order chi connectivity index (χ1) is 13.1. The summed E-state index contributed by atoms with van der Waals surface area (Å²) in [6.07, 6.45) is 0.